The quantitative estimate of drug-likeness (QED) is 0.361. The zero-order valence-corrected chi connectivity index (χ0v) is 19.3. The molecule has 0 fully saturated rings. The second-order valence-electron chi connectivity index (χ2n) is 9.73. The largest absolute Gasteiger partial charge is 0.454 e. The van der Waals surface area contributed by atoms with Gasteiger partial charge < -0.3 is 9.16 Å². The maximum absolute atomic E-state index is 13.1. The minimum atomic E-state index is -2.31. The summed E-state index contributed by atoms with van der Waals surface area (Å²) in [5.74, 6) is -1.51. The Morgan fingerprint density at radius 3 is 2.00 bits per heavy atom. The SMILES string of the molecule is CC(C)(C)OC(=O)C(=O)C(O[Si](C)(C)C(C)(C)C)c1ccc2ccccc2c1. The monoisotopic (exact) mass is 400 g/mol. The summed E-state index contributed by atoms with van der Waals surface area (Å²) in [6, 6.07) is 13.7. The van der Waals surface area contributed by atoms with Crippen LogP contribution in [0.25, 0.3) is 10.8 Å². The van der Waals surface area contributed by atoms with Gasteiger partial charge in [-0.2, -0.15) is 0 Å². The van der Waals surface area contributed by atoms with Gasteiger partial charge in [-0.3, -0.25) is 4.79 Å². The van der Waals surface area contributed by atoms with E-state index >= 15 is 0 Å². The molecule has 0 bridgehead atoms. The van der Waals surface area contributed by atoms with Crippen LogP contribution in [0, 0.1) is 0 Å². The van der Waals surface area contributed by atoms with Crippen LogP contribution in [0.2, 0.25) is 18.1 Å². The second-order valence-corrected chi connectivity index (χ2v) is 14.5. The minimum absolute atomic E-state index is 0.101. The third-order valence-corrected chi connectivity index (χ3v) is 9.57. The highest BCUT2D eigenvalue weighted by Crippen LogP contribution is 2.40. The summed E-state index contributed by atoms with van der Waals surface area (Å²) < 4.78 is 11.8. The molecule has 0 aliphatic heterocycles. The van der Waals surface area contributed by atoms with Gasteiger partial charge in [-0.25, -0.2) is 4.79 Å². The summed E-state index contributed by atoms with van der Waals surface area (Å²) in [5, 5.41) is 1.97. The van der Waals surface area contributed by atoms with Crippen molar-refractivity contribution in [3.8, 4) is 0 Å². The number of ether oxygens (including phenoxy) is 1. The molecule has 0 radical (unpaired) electrons. The Balaban J connectivity index is 2.48. The first-order valence-corrected chi connectivity index (χ1v) is 12.6. The van der Waals surface area contributed by atoms with Gasteiger partial charge in [0.05, 0.1) is 0 Å². The minimum Gasteiger partial charge on any atom is -0.454 e. The first-order valence-electron chi connectivity index (χ1n) is 9.65. The Labute approximate surface area is 169 Å². The Morgan fingerprint density at radius 2 is 1.46 bits per heavy atom. The lowest BCUT2D eigenvalue weighted by atomic mass is 10.0. The van der Waals surface area contributed by atoms with Crippen LogP contribution in [0.3, 0.4) is 0 Å². The number of fused-ring (bicyclic) bond motifs is 1. The van der Waals surface area contributed by atoms with E-state index in [2.05, 4.69) is 33.9 Å². The first-order chi connectivity index (χ1) is 12.7. The van der Waals surface area contributed by atoms with Crippen molar-refractivity contribution in [1.29, 1.82) is 0 Å². The molecule has 5 heteroatoms. The van der Waals surface area contributed by atoms with Gasteiger partial charge in [0.25, 0.3) is 5.78 Å². The average Bonchev–Trinajstić information content (AvgIpc) is 2.56. The second kappa shape index (κ2) is 7.80. The Morgan fingerprint density at radius 1 is 0.893 bits per heavy atom. The third kappa shape index (κ3) is 5.30. The molecular weight excluding hydrogens is 368 g/mol. The van der Waals surface area contributed by atoms with Crippen molar-refractivity contribution in [2.24, 2.45) is 0 Å². The molecule has 0 aliphatic rings. The zero-order chi connectivity index (χ0) is 21.3. The number of hydrogen-bond donors (Lipinski definition) is 0. The van der Waals surface area contributed by atoms with E-state index in [4.69, 9.17) is 9.16 Å². The third-order valence-electron chi connectivity index (χ3n) is 5.13. The van der Waals surface area contributed by atoms with Crippen LogP contribution in [-0.4, -0.2) is 25.7 Å². The number of carbonyl (C=O) groups excluding carboxylic acids is 2. The van der Waals surface area contributed by atoms with Crippen molar-refractivity contribution in [1.82, 2.24) is 0 Å². The Kier molecular flexibility index (Phi) is 6.21. The zero-order valence-electron chi connectivity index (χ0n) is 18.3. The van der Waals surface area contributed by atoms with Gasteiger partial charge in [0.1, 0.15) is 11.7 Å². The van der Waals surface area contributed by atoms with E-state index in [9.17, 15) is 9.59 Å². The molecule has 0 saturated carbocycles. The predicted molar refractivity (Wildman–Crippen MR) is 116 cm³/mol. The summed E-state index contributed by atoms with van der Waals surface area (Å²) in [7, 11) is -2.31. The number of benzene rings is 2. The molecule has 0 saturated heterocycles. The van der Waals surface area contributed by atoms with Crippen LogP contribution in [0.15, 0.2) is 42.5 Å². The smallest absolute Gasteiger partial charge is 0.378 e. The lowest BCUT2D eigenvalue weighted by molar-refractivity contribution is -0.165. The van der Waals surface area contributed by atoms with Gasteiger partial charge in [0.2, 0.25) is 0 Å². The van der Waals surface area contributed by atoms with Crippen LogP contribution < -0.4 is 0 Å². The van der Waals surface area contributed by atoms with Crippen molar-refractivity contribution in [3.05, 3.63) is 48.0 Å². The van der Waals surface area contributed by atoms with E-state index < -0.39 is 31.8 Å². The molecule has 2 aromatic rings. The van der Waals surface area contributed by atoms with Crippen LogP contribution in [0.4, 0.5) is 0 Å². The number of Topliss-reactive ketones (excluding diaryl/α,β-unsaturated/α-hetero) is 1. The van der Waals surface area contributed by atoms with E-state index in [1.165, 1.54) is 0 Å². The van der Waals surface area contributed by atoms with Crippen LogP contribution in [0.5, 0.6) is 0 Å². The average molecular weight is 401 g/mol. The molecule has 0 aromatic heterocycles. The van der Waals surface area contributed by atoms with Gasteiger partial charge in [0, 0.05) is 0 Å². The lowest BCUT2D eigenvalue weighted by Gasteiger charge is -2.38. The highest BCUT2D eigenvalue weighted by molar-refractivity contribution is 6.74. The highest BCUT2D eigenvalue weighted by atomic mass is 28.4. The van der Waals surface area contributed by atoms with Crippen LogP contribution in [-0.2, 0) is 18.8 Å². The van der Waals surface area contributed by atoms with Crippen LogP contribution in [0.1, 0.15) is 53.2 Å². The lowest BCUT2D eigenvalue weighted by Crippen LogP contribution is -2.44. The topological polar surface area (TPSA) is 52.6 Å². The van der Waals surface area contributed by atoms with Gasteiger partial charge in [0.15, 0.2) is 8.32 Å². The Hall–Kier alpha value is -1.98. The molecule has 1 unspecified atom stereocenters. The summed E-state index contributed by atoms with van der Waals surface area (Å²) in [6.45, 7) is 15.7. The normalized spacial score (nSPS) is 14.0. The predicted octanol–water partition coefficient (Wildman–Crippen LogP) is 5.81. The highest BCUT2D eigenvalue weighted by Gasteiger charge is 2.43. The van der Waals surface area contributed by atoms with Crippen molar-refractivity contribution in [3.63, 3.8) is 0 Å². The number of esters is 1. The van der Waals surface area contributed by atoms with Gasteiger partial charge in [-0.1, -0.05) is 57.2 Å². The van der Waals surface area contributed by atoms with E-state index in [0.717, 1.165) is 10.8 Å². The van der Waals surface area contributed by atoms with E-state index in [1.54, 1.807) is 20.8 Å². The maximum atomic E-state index is 13.1. The standard InChI is InChI=1S/C23H32O4Si/c1-22(2,3)26-21(25)19(24)20(27-28(7,8)23(4,5)6)18-14-13-16-11-9-10-12-17(16)15-18/h9-15,20H,1-8H3. The molecule has 0 aliphatic carbocycles. The Bertz CT molecular complexity index is 872. The molecule has 0 spiro atoms. The van der Waals surface area contributed by atoms with Gasteiger partial charge in [-0.15, -0.1) is 0 Å². The molecule has 2 aromatic carbocycles. The molecule has 28 heavy (non-hydrogen) atoms. The number of ketones is 1. The fourth-order valence-electron chi connectivity index (χ4n) is 2.55. The summed E-state index contributed by atoms with van der Waals surface area (Å²) in [5.41, 5.74) is -0.0585. The summed E-state index contributed by atoms with van der Waals surface area (Å²) >= 11 is 0. The van der Waals surface area contributed by atoms with E-state index in [-0.39, 0.29) is 5.04 Å². The van der Waals surface area contributed by atoms with Crippen molar-refractivity contribution in [2.45, 2.75) is 71.4 Å². The fraction of sp³-hybridized carbons (Fsp3) is 0.478. The molecular formula is C23H32O4Si. The molecule has 4 nitrogen and oxygen atoms in total. The molecule has 0 amide bonds. The van der Waals surface area contributed by atoms with Crippen molar-refractivity contribution < 1.29 is 18.8 Å². The molecule has 0 N–H and O–H groups in total. The van der Waals surface area contributed by atoms with Gasteiger partial charge >= 0.3 is 5.97 Å². The summed E-state index contributed by atoms with van der Waals surface area (Å²) in [6.07, 6.45) is -0.972. The molecule has 152 valence electrons. The van der Waals surface area contributed by atoms with E-state index in [0.29, 0.717) is 5.56 Å². The maximum Gasteiger partial charge on any atom is 0.378 e. The fourth-order valence-corrected chi connectivity index (χ4v) is 3.74. The van der Waals surface area contributed by atoms with Gasteiger partial charge in [-0.05, 0) is 61.3 Å². The van der Waals surface area contributed by atoms with Crippen molar-refractivity contribution >= 4 is 30.8 Å². The molecule has 0 heterocycles. The number of carbonyl (C=O) groups is 2. The summed E-state index contributed by atoms with van der Waals surface area (Å²) in [4.78, 5) is 25.6. The first kappa shape index (κ1) is 22.3. The van der Waals surface area contributed by atoms with E-state index in [1.807, 2.05) is 42.5 Å². The molecule has 1 atom stereocenters. The van der Waals surface area contributed by atoms with Crippen molar-refractivity contribution in [2.75, 3.05) is 0 Å². The number of rotatable bonds is 5. The number of hydrogen-bond acceptors (Lipinski definition) is 4. The molecule has 2 rings (SSSR count). The van der Waals surface area contributed by atoms with Crippen LogP contribution >= 0.6 is 0 Å².